The van der Waals surface area contributed by atoms with Gasteiger partial charge in [0.25, 0.3) is 0 Å². The van der Waals surface area contributed by atoms with E-state index in [9.17, 15) is 0 Å². The van der Waals surface area contributed by atoms with Crippen LogP contribution in [-0.4, -0.2) is 47.0 Å². The maximum absolute atomic E-state index is 5.15. The first-order valence-electron chi connectivity index (χ1n) is 10.5. The summed E-state index contributed by atoms with van der Waals surface area (Å²) in [4.78, 5) is 9.50. The molecule has 7 heteroatoms. The lowest BCUT2D eigenvalue weighted by Gasteiger charge is -2.31. The second-order valence-corrected chi connectivity index (χ2v) is 8.60. The summed E-state index contributed by atoms with van der Waals surface area (Å²) in [5, 5.41) is 11.6. The number of aryl methyl sites for hydroxylation is 1. The van der Waals surface area contributed by atoms with E-state index < -0.39 is 0 Å². The highest BCUT2D eigenvalue weighted by Gasteiger charge is 2.31. The van der Waals surface area contributed by atoms with Crippen LogP contribution >= 0.6 is 0 Å². The quantitative estimate of drug-likeness (QED) is 0.565. The van der Waals surface area contributed by atoms with E-state index in [1.165, 1.54) is 25.7 Å². The molecule has 2 N–H and O–H groups in total. The van der Waals surface area contributed by atoms with E-state index in [1.807, 2.05) is 4.68 Å². The third kappa shape index (κ3) is 5.21. The van der Waals surface area contributed by atoms with Gasteiger partial charge in [0.1, 0.15) is 12.4 Å². The van der Waals surface area contributed by atoms with Crippen LogP contribution in [0.5, 0.6) is 0 Å². The average molecular weight is 377 g/mol. The molecule has 152 valence electrons. The third-order valence-corrected chi connectivity index (χ3v) is 5.97. The highest BCUT2D eigenvalue weighted by Crippen LogP contribution is 2.39. The molecule has 0 amide bonds. The first-order valence-corrected chi connectivity index (χ1v) is 10.5. The molecule has 1 atom stereocenters. The molecule has 7 nitrogen and oxygen atoms in total. The summed E-state index contributed by atoms with van der Waals surface area (Å²) in [5.74, 6) is 3.56. The highest BCUT2D eigenvalue weighted by atomic mass is 16.5. The number of ether oxygens (including phenoxy) is 1. The predicted octanol–water partition coefficient (Wildman–Crippen LogP) is 2.51. The number of nitrogens with zero attached hydrogens (tertiary/aromatic N) is 4. The van der Waals surface area contributed by atoms with E-state index >= 15 is 0 Å². The topological polar surface area (TPSA) is 76.4 Å². The summed E-state index contributed by atoms with van der Waals surface area (Å²) in [6, 6.07) is 0.321. The normalized spacial score (nSPS) is 21.3. The molecule has 0 saturated heterocycles. The molecule has 0 radical (unpaired) electrons. The fraction of sp³-hybridized carbons (Fsp3) is 0.850. The summed E-state index contributed by atoms with van der Waals surface area (Å²) < 4.78 is 7.17. The largest absolute Gasteiger partial charge is 0.377 e. The molecule has 2 aliphatic rings. The van der Waals surface area contributed by atoms with E-state index in [4.69, 9.17) is 9.73 Å². The van der Waals surface area contributed by atoms with Crippen LogP contribution in [-0.2, 0) is 24.3 Å². The van der Waals surface area contributed by atoms with Crippen LogP contribution in [0, 0.1) is 11.3 Å². The van der Waals surface area contributed by atoms with Crippen molar-refractivity contribution in [3.8, 4) is 0 Å². The molecule has 0 bridgehead atoms. The van der Waals surface area contributed by atoms with Gasteiger partial charge in [0.05, 0.1) is 6.54 Å². The van der Waals surface area contributed by atoms with E-state index in [2.05, 4.69) is 41.5 Å². The number of fused-ring (bicyclic) bond motifs is 1. The Hall–Kier alpha value is -1.63. The average Bonchev–Trinajstić information content (AvgIpc) is 3.30. The van der Waals surface area contributed by atoms with Gasteiger partial charge in [0.15, 0.2) is 11.8 Å². The Morgan fingerprint density at radius 3 is 2.78 bits per heavy atom. The minimum atomic E-state index is 0.263. The van der Waals surface area contributed by atoms with Gasteiger partial charge in [-0.25, -0.2) is 9.67 Å². The van der Waals surface area contributed by atoms with E-state index in [0.29, 0.717) is 12.6 Å². The summed E-state index contributed by atoms with van der Waals surface area (Å²) in [7, 11) is 1.68. The number of hydrogen-bond donors (Lipinski definition) is 2. The summed E-state index contributed by atoms with van der Waals surface area (Å²) >= 11 is 0. The van der Waals surface area contributed by atoms with Gasteiger partial charge >= 0.3 is 0 Å². The maximum Gasteiger partial charge on any atom is 0.191 e. The van der Waals surface area contributed by atoms with Crippen molar-refractivity contribution in [1.82, 2.24) is 25.4 Å². The van der Waals surface area contributed by atoms with Gasteiger partial charge in [-0.3, -0.25) is 4.99 Å². The van der Waals surface area contributed by atoms with Crippen LogP contribution in [0.3, 0.4) is 0 Å². The molecule has 1 aromatic heterocycles. The fourth-order valence-electron chi connectivity index (χ4n) is 4.30. The van der Waals surface area contributed by atoms with Crippen molar-refractivity contribution in [2.75, 3.05) is 20.2 Å². The van der Waals surface area contributed by atoms with E-state index in [0.717, 1.165) is 56.0 Å². The number of rotatable bonds is 7. The van der Waals surface area contributed by atoms with Gasteiger partial charge in [-0.1, -0.05) is 26.7 Å². The van der Waals surface area contributed by atoms with Gasteiger partial charge < -0.3 is 15.4 Å². The van der Waals surface area contributed by atoms with Crippen LogP contribution < -0.4 is 10.6 Å². The van der Waals surface area contributed by atoms with Gasteiger partial charge in [0.2, 0.25) is 0 Å². The van der Waals surface area contributed by atoms with Crippen LogP contribution in [0.1, 0.15) is 64.5 Å². The summed E-state index contributed by atoms with van der Waals surface area (Å²) in [6.45, 7) is 9.89. The molecular weight excluding hydrogens is 340 g/mol. The smallest absolute Gasteiger partial charge is 0.191 e. The van der Waals surface area contributed by atoms with Crippen molar-refractivity contribution in [3.05, 3.63) is 11.6 Å². The van der Waals surface area contributed by atoms with Crippen molar-refractivity contribution >= 4 is 5.96 Å². The zero-order valence-corrected chi connectivity index (χ0v) is 17.4. The molecule has 1 saturated carbocycles. The lowest BCUT2D eigenvalue weighted by atomic mass is 9.78. The Morgan fingerprint density at radius 1 is 1.30 bits per heavy atom. The van der Waals surface area contributed by atoms with Gasteiger partial charge in [-0.15, -0.1) is 0 Å². The number of nitrogens with one attached hydrogen (secondary N) is 2. The zero-order chi connectivity index (χ0) is 19.3. The molecule has 1 fully saturated rings. The number of aromatic nitrogens is 3. The SMILES string of the molecule is CCNC(=NCC(C)(C)C1CCCC1)NC1CCc2nc(COC)nn2C1. The van der Waals surface area contributed by atoms with Crippen molar-refractivity contribution in [1.29, 1.82) is 0 Å². The second-order valence-electron chi connectivity index (χ2n) is 8.60. The summed E-state index contributed by atoms with van der Waals surface area (Å²) in [6.07, 6.45) is 7.44. The molecular formula is C20H36N6O. The van der Waals surface area contributed by atoms with Crippen molar-refractivity contribution < 1.29 is 4.74 Å². The minimum absolute atomic E-state index is 0.263. The molecule has 2 heterocycles. The van der Waals surface area contributed by atoms with Gasteiger partial charge in [-0.05, 0) is 37.5 Å². The number of aliphatic imine (C=N–C) groups is 1. The standard InChI is InChI=1S/C20H36N6O/c1-5-21-19(22-14-20(2,3)15-8-6-7-9-15)23-16-10-11-18-24-17(13-27-4)25-26(18)12-16/h15-16H,5-14H2,1-4H3,(H2,21,22,23). The van der Waals surface area contributed by atoms with E-state index in [1.54, 1.807) is 7.11 Å². The maximum atomic E-state index is 5.15. The van der Waals surface area contributed by atoms with E-state index in [-0.39, 0.29) is 5.41 Å². The van der Waals surface area contributed by atoms with Crippen LogP contribution in [0.4, 0.5) is 0 Å². The molecule has 1 aliphatic heterocycles. The highest BCUT2D eigenvalue weighted by molar-refractivity contribution is 5.80. The first-order chi connectivity index (χ1) is 13.0. The monoisotopic (exact) mass is 376 g/mol. The molecule has 1 aromatic rings. The van der Waals surface area contributed by atoms with Crippen LogP contribution in [0.15, 0.2) is 4.99 Å². The number of methoxy groups -OCH3 is 1. The van der Waals surface area contributed by atoms with Crippen molar-refractivity contribution in [2.45, 2.75) is 78.5 Å². The molecule has 27 heavy (non-hydrogen) atoms. The lowest BCUT2D eigenvalue weighted by Crippen LogP contribution is -2.47. The molecule has 3 rings (SSSR count). The third-order valence-electron chi connectivity index (χ3n) is 5.97. The van der Waals surface area contributed by atoms with Crippen LogP contribution in [0.25, 0.3) is 0 Å². The second kappa shape index (κ2) is 9.04. The van der Waals surface area contributed by atoms with Gasteiger partial charge in [0, 0.05) is 32.7 Å². The predicted molar refractivity (Wildman–Crippen MR) is 108 cm³/mol. The molecule has 0 spiro atoms. The zero-order valence-electron chi connectivity index (χ0n) is 17.4. The minimum Gasteiger partial charge on any atom is -0.377 e. The molecule has 1 unspecified atom stereocenters. The summed E-state index contributed by atoms with van der Waals surface area (Å²) in [5.41, 5.74) is 0.263. The fourth-order valence-corrected chi connectivity index (χ4v) is 4.30. The Bertz CT molecular complexity index is 632. The lowest BCUT2D eigenvalue weighted by molar-refractivity contribution is 0.177. The van der Waals surface area contributed by atoms with Crippen molar-refractivity contribution in [3.63, 3.8) is 0 Å². The Morgan fingerprint density at radius 2 is 2.07 bits per heavy atom. The van der Waals surface area contributed by atoms with Gasteiger partial charge in [-0.2, -0.15) is 5.10 Å². The van der Waals surface area contributed by atoms with Crippen LogP contribution in [0.2, 0.25) is 0 Å². The molecule has 0 aromatic carbocycles. The number of hydrogen-bond acceptors (Lipinski definition) is 4. The first kappa shape index (κ1) is 20.1. The van der Waals surface area contributed by atoms with Crippen molar-refractivity contribution in [2.24, 2.45) is 16.3 Å². The Labute approximate surface area is 163 Å². The number of guanidine groups is 1. The molecule has 1 aliphatic carbocycles. The Balaban J connectivity index is 1.60. The Kier molecular flexibility index (Phi) is 6.73.